The minimum Gasteiger partial charge on any atom is -0.481 e. The van der Waals surface area contributed by atoms with Crippen molar-refractivity contribution in [3.05, 3.63) is 17.5 Å². The first-order valence-electron chi connectivity index (χ1n) is 5.54. The van der Waals surface area contributed by atoms with Crippen molar-refractivity contribution in [2.75, 3.05) is 0 Å². The van der Waals surface area contributed by atoms with Crippen molar-refractivity contribution in [1.29, 1.82) is 0 Å². The van der Waals surface area contributed by atoms with Crippen molar-refractivity contribution in [2.45, 2.75) is 32.9 Å². The zero-order chi connectivity index (χ0) is 14.6. The maximum Gasteiger partial charge on any atom is 0.326 e. The van der Waals surface area contributed by atoms with E-state index < -0.39 is 30.3 Å². The molecule has 0 fully saturated rings. The van der Waals surface area contributed by atoms with Gasteiger partial charge in [0.15, 0.2) is 0 Å². The first kappa shape index (κ1) is 14.7. The van der Waals surface area contributed by atoms with E-state index in [9.17, 15) is 14.4 Å². The van der Waals surface area contributed by atoms with Crippen LogP contribution >= 0.6 is 0 Å². The number of hydrogen-bond acceptors (Lipinski definition) is 4. The van der Waals surface area contributed by atoms with E-state index in [0.717, 1.165) is 11.4 Å². The Kier molecular flexibility index (Phi) is 4.62. The van der Waals surface area contributed by atoms with Crippen molar-refractivity contribution in [2.24, 2.45) is 0 Å². The highest BCUT2D eigenvalue weighted by Crippen LogP contribution is 2.01. The summed E-state index contributed by atoms with van der Waals surface area (Å²) < 4.78 is 1.42. The SMILES string of the molecule is Cc1cc(C)n(CC(=O)NC(CC(=O)O)C(=O)O)n1. The number of aromatic nitrogens is 2. The summed E-state index contributed by atoms with van der Waals surface area (Å²) in [6.07, 6.45) is -0.668. The summed E-state index contributed by atoms with van der Waals surface area (Å²) in [4.78, 5) is 32.9. The van der Waals surface area contributed by atoms with E-state index in [4.69, 9.17) is 10.2 Å². The number of amides is 1. The quantitative estimate of drug-likeness (QED) is 0.642. The van der Waals surface area contributed by atoms with Crippen molar-refractivity contribution >= 4 is 17.8 Å². The van der Waals surface area contributed by atoms with Gasteiger partial charge in [0.1, 0.15) is 12.6 Å². The molecule has 1 aromatic rings. The Morgan fingerprint density at radius 1 is 1.37 bits per heavy atom. The van der Waals surface area contributed by atoms with Crippen LogP contribution in [0.5, 0.6) is 0 Å². The fourth-order valence-electron chi connectivity index (χ4n) is 1.59. The van der Waals surface area contributed by atoms with Crippen LogP contribution in [-0.2, 0) is 20.9 Å². The topological polar surface area (TPSA) is 122 Å². The van der Waals surface area contributed by atoms with Gasteiger partial charge in [0.05, 0.1) is 12.1 Å². The molecule has 3 N–H and O–H groups in total. The predicted molar refractivity (Wildman–Crippen MR) is 63.5 cm³/mol. The Hall–Kier alpha value is -2.38. The van der Waals surface area contributed by atoms with Gasteiger partial charge in [0.2, 0.25) is 5.91 Å². The fourth-order valence-corrected chi connectivity index (χ4v) is 1.59. The van der Waals surface area contributed by atoms with Crippen LogP contribution in [0.4, 0.5) is 0 Å². The molecule has 1 rings (SSSR count). The molecule has 0 aliphatic heterocycles. The van der Waals surface area contributed by atoms with Gasteiger partial charge in [-0.05, 0) is 19.9 Å². The third-order valence-electron chi connectivity index (χ3n) is 2.41. The largest absolute Gasteiger partial charge is 0.481 e. The molecule has 104 valence electrons. The summed E-state index contributed by atoms with van der Waals surface area (Å²) in [7, 11) is 0. The summed E-state index contributed by atoms with van der Waals surface area (Å²) in [5.74, 6) is -3.28. The number of aryl methyl sites for hydroxylation is 2. The van der Waals surface area contributed by atoms with E-state index in [1.54, 1.807) is 19.9 Å². The van der Waals surface area contributed by atoms with E-state index in [2.05, 4.69) is 10.4 Å². The van der Waals surface area contributed by atoms with E-state index in [1.807, 2.05) is 0 Å². The Morgan fingerprint density at radius 3 is 2.42 bits per heavy atom. The highest BCUT2D eigenvalue weighted by Gasteiger charge is 2.23. The van der Waals surface area contributed by atoms with E-state index in [0.29, 0.717) is 0 Å². The summed E-state index contributed by atoms with van der Waals surface area (Å²) in [6.45, 7) is 3.38. The molecule has 0 saturated heterocycles. The maximum atomic E-state index is 11.6. The summed E-state index contributed by atoms with van der Waals surface area (Å²) in [5, 5.41) is 23.6. The van der Waals surface area contributed by atoms with Crippen LogP contribution in [0.25, 0.3) is 0 Å². The second kappa shape index (κ2) is 5.98. The first-order chi connectivity index (χ1) is 8.79. The van der Waals surface area contributed by atoms with E-state index >= 15 is 0 Å². The molecule has 1 amide bonds. The van der Waals surface area contributed by atoms with Crippen LogP contribution in [0.2, 0.25) is 0 Å². The molecule has 1 aromatic heterocycles. The lowest BCUT2D eigenvalue weighted by Gasteiger charge is -2.12. The highest BCUT2D eigenvalue weighted by molar-refractivity contribution is 5.86. The Bertz CT molecular complexity index is 508. The number of carbonyl (C=O) groups excluding carboxylic acids is 1. The molecule has 0 aromatic carbocycles. The van der Waals surface area contributed by atoms with Gasteiger partial charge in [-0.2, -0.15) is 5.10 Å². The number of hydrogen-bond donors (Lipinski definition) is 3. The van der Waals surface area contributed by atoms with Crippen molar-refractivity contribution < 1.29 is 24.6 Å². The molecule has 0 saturated carbocycles. The van der Waals surface area contributed by atoms with Gasteiger partial charge in [-0.1, -0.05) is 0 Å². The fraction of sp³-hybridized carbons (Fsp3) is 0.455. The van der Waals surface area contributed by atoms with Crippen LogP contribution in [0.1, 0.15) is 17.8 Å². The second-order valence-electron chi connectivity index (χ2n) is 4.14. The standard InChI is InChI=1S/C11H15N3O5/c1-6-3-7(2)14(13-6)5-9(15)12-8(11(18)19)4-10(16)17/h3,8H,4-5H2,1-2H3,(H,12,15)(H,16,17)(H,18,19). The third kappa shape index (κ3) is 4.41. The maximum absolute atomic E-state index is 11.6. The predicted octanol–water partition coefficient (Wildman–Crippen LogP) is -0.456. The molecule has 8 nitrogen and oxygen atoms in total. The second-order valence-corrected chi connectivity index (χ2v) is 4.14. The monoisotopic (exact) mass is 269 g/mol. The zero-order valence-corrected chi connectivity index (χ0v) is 10.6. The van der Waals surface area contributed by atoms with Crippen LogP contribution in [0.3, 0.4) is 0 Å². The number of aliphatic carboxylic acids is 2. The molecule has 1 atom stereocenters. The van der Waals surface area contributed by atoms with E-state index in [1.165, 1.54) is 4.68 Å². The minimum absolute atomic E-state index is 0.150. The molecule has 0 bridgehead atoms. The van der Waals surface area contributed by atoms with Gasteiger partial charge >= 0.3 is 11.9 Å². The smallest absolute Gasteiger partial charge is 0.326 e. The van der Waals surface area contributed by atoms with Crippen molar-refractivity contribution in [1.82, 2.24) is 15.1 Å². The number of nitrogens with zero attached hydrogens (tertiary/aromatic N) is 2. The molecule has 0 radical (unpaired) electrons. The molecule has 0 aliphatic rings. The van der Waals surface area contributed by atoms with E-state index in [-0.39, 0.29) is 6.54 Å². The zero-order valence-electron chi connectivity index (χ0n) is 10.6. The van der Waals surface area contributed by atoms with Gasteiger partial charge in [-0.3, -0.25) is 14.3 Å². The molecule has 8 heteroatoms. The number of carboxylic acids is 2. The van der Waals surface area contributed by atoms with Crippen molar-refractivity contribution in [3.8, 4) is 0 Å². The Morgan fingerprint density at radius 2 is 2.00 bits per heavy atom. The van der Waals surface area contributed by atoms with Gasteiger partial charge in [-0.25, -0.2) is 4.79 Å². The lowest BCUT2D eigenvalue weighted by molar-refractivity contribution is -0.147. The third-order valence-corrected chi connectivity index (χ3v) is 2.41. The average Bonchev–Trinajstić information content (AvgIpc) is 2.55. The molecule has 1 unspecified atom stereocenters. The lowest BCUT2D eigenvalue weighted by Crippen LogP contribution is -2.43. The van der Waals surface area contributed by atoms with Crippen LogP contribution in [0, 0.1) is 13.8 Å². The van der Waals surface area contributed by atoms with Crippen LogP contribution in [-0.4, -0.2) is 43.9 Å². The molecule has 1 heterocycles. The van der Waals surface area contributed by atoms with Gasteiger partial charge in [-0.15, -0.1) is 0 Å². The first-order valence-corrected chi connectivity index (χ1v) is 5.54. The number of rotatable bonds is 6. The summed E-state index contributed by atoms with van der Waals surface area (Å²) in [5.41, 5.74) is 1.50. The lowest BCUT2D eigenvalue weighted by atomic mass is 10.2. The highest BCUT2D eigenvalue weighted by atomic mass is 16.4. The normalized spacial score (nSPS) is 11.9. The van der Waals surface area contributed by atoms with Gasteiger partial charge < -0.3 is 15.5 Å². The van der Waals surface area contributed by atoms with Gasteiger partial charge in [0.25, 0.3) is 0 Å². The van der Waals surface area contributed by atoms with Crippen LogP contribution in [0.15, 0.2) is 6.07 Å². The minimum atomic E-state index is -1.44. The summed E-state index contributed by atoms with van der Waals surface area (Å²) in [6, 6.07) is 0.334. The Balaban J connectivity index is 2.65. The molecule has 0 spiro atoms. The molecule has 19 heavy (non-hydrogen) atoms. The molecular weight excluding hydrogens is 254 g/mol. The van der Waals surface area contributed by atoms with Crippen LogP contribution < -0.4 is 5.32 Å². The van der Waals surface area contributed by atoms with Crippen molar-refractivity contribution in [3.63, 3.8) is 0 Å². The Labute approximate surface area is 109 Å². The van der Waals surface area contributed by atoms with Gasteiger partial charge in [0, 0.05) is 5.69 Å². The molecular formula is C11H15N3O5. The molecule has 0 aliphatic carbocycles. The summed E-state index contributed by atoms with van der Waals surface area (Å²) >= 11 is 0. The number of nitrogens with one attached hydrogen (secondary N) is 1. The number of carboxylic acid groups (broad SMARTS) is 2. The number of carbonyl (C=O) groups is 3. The average molecular weight is 269 g/mol.